The van der Waals surface area contributed by atoms with Crippen molar-refractivity contribution in [1.29, 1.82) is 0 Å². The van der Waals surface area contributed by atoms with Crippen molar-refractivity contribution in [2.75, 3.05) is 5.32 Å². The summed E-state index contributed by atoms with van der Waals surface area (Å²) in [4.78, 5) is 34.6. The molecule has 142 valence electrons. The molecular weight excluding hydrogens is 452 g/mol. The number of nitrogens with zero attached hydrogens (tertiary/aromatic N) is 3. The molecule has 0 aliphatic rings. The van der Waals surface area contributed by atoms with Crippen LogP contribution in [0.5, 0.6) is 0 Å². The number of benzene rings is 2. The summed E-state index contributed by atoms with van der Waals surface area (Å²) in [6.45, 7) is -0.348. The number of carbonyl (C=O) groups is 1. The van der Waals surface area contributed by atoms with E-state index in [0.29, 0.717) is 5.69 Å². The number of aromatic nitrogens is 2. The van der Waals surface area contributed by atoms with E-state index in [1.807, 2.05) is 24.3 Å². The number of nitro benzene ring substituents is 1. The molecule has 28 heavy (non-hydrogen) atoms. The molecule has 1 heterocycles. The number of anilines is 1. The minimum Gasteiger partial charge on any atom is -0.324 e. The molecule has 1 amide bonds. The zero-order chi connectivity index (χ0) is 20.3. The van der Waals surface area contributed by atoms with Crippen molar-refractivity contribution in [2.24, 2.45) is 0 Å². The Morgan fingerprint density at radius 2 is 1.89 bits per heavy atom. The Hall–Kier alpha value is -3.04. The summed E-state index contributed by atoms with van der Waals surface area (Å²) in [5, 5.41) is 17.6. The lowest BCUT2D eigenvalue weighted by atomic mass is 10.1. The third kappa shape index (κ3) is 4.62. The predicted octanol–water partition coefficient (Wildman–Crippen LogP) is 3.87. The minimum atomic E-state index is -0.647. The molecule has 2 aromatic carbocycles. The third-order valence-corrected chi connectivity index (χ3v) is 4.57. The second-order valence-electron chi connectivity index (χ2n) is 5.69. The maximum atomic E-state index is 12.3. The number of carbonyl (C=O) groups excluding carboxylic acids is 1. The van der Waals surface area contributed by atoms with Gasteiger partial charge in [0, 0.05) is 27.9 Å². The number of amides is 1. The van der Waals surface area contributed by atoms with Crippen LogP contribution in [0.25, 0.3) is 11.3 Å². The van der Waals surface area contributed by atoms with E-state index in [-0.39, 0.29) is 22.9 Å². The molecule has 0 saturated heterocycles. The number of hydrogen-bond acceptors (Lipinski definition) is 5. The Morgan fingerprint density at radius 3 is 2.57 bits per heavy atom. The Kier molecular flexibility index (Phi) is 5.86. The van der Waals surface area contributed by atoms with Crippen molar-refractivity contribution in [1.82, 2.24) is 9.78 Å². The summed E-state index contributed by atoms with van der Waals surface area (Å²) in [6, 6.07) is 14.1. The van der Waals surface area contributed by atoms with E-state index < -0.39 is 16.4 Å². The van der Waals surface area contributed by atoms with Gasteiger partial charge in [0.25, 0.3) is 11.2 Å². The molecule has 0 spiro atoms. The van der Waals surface area contributed by atoms with E-state index >= 15 is 0 Å². The largest absolute Gasteiger partial charge is 0.324 e. The van der Waals surface area contributed by atoms with Crippen LogP contribution in [0.4, 0.5) is 11.4 Å². The topological polar surface area (TPSA) is 107 Å². The van der Waals surface area contributed by atoms with Crippen LogP contribution < -0.4 is 10.9 Å². The second kappa shape index (κ2) is 8.32. The summed E-state index contributed by atoms with van der Waals surface area (Å²) >= 11 is 9.10. The first kappa shape index (κ1) is 19.7. The SMILES string of the molecule is O=C(Cn1nc(-c2ccc(Br)cc2)ccc1=O)Nc1ccc(Cl)c([N+](=O)[O-])c1. The summed E-state index contributed by atoms with van der Waals surface area (Å²) in [6.07, 6.45) is 0. The van der Waals surface area contributed by atoms with Crippen molar-refractivity contribution < 1.29 is 9.72 Å². The van der Waals surface area contributed by atoms with Gasteiger partial charge in [-0.1, -0.05) is 39.7 Å². The van der Waals surface area contributed by atoms with Gasteiger partial charge in [-0.2, -0.15) is 5.10 Å². The van der Waals surface area contributed by atoms with Crippen LogP contribution in [-0.2, 0) is 11.3 Å². The number of nitrogens with one attached hydrogen (secondary N) is 1. The average Bonchev–Trinajstić information content (AvgIpc) is 2.65. The van der Waals surface area contributed by atoms with Crippen molar-refractivity contribution in [3.63, 3.8) is 0 Å². The van der Waals surface area contributed by atoms with E-state index in [9.17, 15) is 19.7 Å². The first-order chi connectivity index (χ1) is 13.3. The van der Waals surface area contributed by atoms with Crippen LogP contribution in [0, 0.1) is 10.1 Å². The smallest absolute Gasteiger partial charge is 0.289 e. The molecule has 0 unspecified atom stereocenters. The highest BCUT2D eigenvalue weighted by atomic mass is 79.9. The van der Waals surface area contributed by atoms with E-state index in [1.165, 1.54) is 18.2 Å². The van der Waals surface area contributed by atoms with Gasteiger partial charge in [-0.3, -0.25) is 19.7 Å². The van der Waals surface area contributed by atoms with E-state index in [0.717, 1.165) is 20.8 Å². The Labute approximate surface area is 172 Å². The van der Waals surface area contributed by atoms with Gasteiger partial charge >= 0.3 is 0 Å². The van der Waals surface area contributed by atoms with Gasteiger partial charge in [-0.15, -0.1) is 0 Å². The molecule has 0 saturated carbocycles. The summed E-state index contributed by atoms with van der Waals surface area (Å²) in [5.41, 5.74) is 0.732. The maximum absolute atomic E-state index is 12.3. The number of hydrogen-bond donors (Lipinski definition) is 1. The zero-order valence-electron chi connectivity index (χ0n) is 14.1. The lowest BCUT2D eigenvalue weighted by Gasteiger charge is -2.09. The van der Waals surface area contributed by atoms with Crippen LogP contribution in [0.2, 0.25) is 5.02 Å². The van der Waals surface area contributed by atoms with Gasteiger partial charge in [0.1, 0.15) is 11.6 Å². The Balaban J connectivity index is 1.80. The minimum absolute atomic E-state index is 0.0388. The van der Waals surface area contributed by atoms with Crippen LogP contribution in [0.15, 0.2) is 63.9 Å². The highest BCUT2D eigenvalue weighted by Gasteiger charge is 2.14. The van der Waals surface area contributed by atoms with Crippen molar-refractivity contribution in [2.45, 2.75) is 6.54 Å². The second-order valence-corrected chi connectivity index (χ2v) is 7.02. The quantitative estimate of drug-likeness (QED) is 0.456. The number of nitro groups is 1. The molecule has 3 aromatic rings. The van der Waals surface area contributed by atoms with Crippen molar-refractivity contribution >= 4 is 44.8 Å². The molecule has 8 nitrogen and oxygen atoms in total. The normalized spacial score (nSPS) is 10.5. The fourth-order valence-corrected chi connectivity index (χ4v) is 2.85. The predicted molar refractivity (Wildman–Crippen MR) is 108 cm³/mol. The molecule has 0 aliphatic carbocycles. The van der Waals surface area contributed by atoms with E-state index in [1.54, 1.807) is 6.07 Å². The molecule has 0 bridgehead atoms. The van der Waals surface area contributed by atoms with Crippen LogP contribution in [0.1, 0.15) is 0 Å². The molecule has 0 fully saturated rings. The van der Waals surface area contributed by atoms with Gasteiger partial charge in [0.2, 0.25) is 5.91 Å². The standard InChI is InChI=1S/C18H12BrClN4O4/c19-12-3-1-11(2-4-12)15-7-8-18(26)23(22-15)10-17(25)21-13-5-6-14(20)16(9-13)24(27)28/h1-9H,10H2,(H,21,25). The van der Waals surface area contributed by atoms with Crippen LogP contribution in [0.3, 0.4) is 0 Å². The van der Waals surface area contributed by atoms with Gasteiger partial charge < -0.3 is 5.32 Å². The molecule has 1 N–H and O–H groups in total. The van der Waals surface area contributed by atoms with Gasteiger partial charge in [-0.25, -0.2) is 4.68 Å². The molecule has 0 atom stereocenters. The van der Waals surface area contributed by atoms with E-state index in [4.69, 9.17) is 11.6 Å². The van der Waals surface area contributed by atoms with E-state index in [2.05, 4.69) is 26.3 Å². The highest BCUT2D eigenvalue weighted by Crippen LogP contribution is 2.27. The molecule has 0 radical (unpaired) electrons. The molecule has 1 aromatic heterocycles. The lowest BCUT2D eigenvalue weighted by Crippen LogP contribution is -2.29. The monoisotopic (exact) mass is 462 g/mol. The first-order valence-electron chi connectivity index (χ1n) is 7.91. The van der Waals surface area contributed by atoms with Gasteiger partial charge in [0.15, 0.2) is 0 Å². The Morgan fingerprint density at radius 1 is 1.18 bits per heavy atom. The van der Waals surface area contributed by atoms with Crippen molar-refractivity contribution in [3.8, 4) is 11.3 Å². The number of halogens is 2. The average molecular weight is 464 g/mol. The lowest BCUT2D eigenvalue weighted by molar-refractivity contribution is -0.384. The van der Waals surface area contributed by atoms with Crippen molar-refractivity contribution in [3.05, 3.63) is 84.6 Å². The maximum Gasteiger partial charge on any atom is 0.289 e. The fraction of sp³-hybridized carbons (Fsp3) is 0.0556. The van der Waals surface area contributed by atoms with Crippen LogP contribution in [-0.4, -0.2) is 20.6 Å². The van der Waals surface area contributed by atoms with Gasteiger partial charge in [0.05, 0.1) is 10.6 Å². The molecular formula is C18H12BrClN4O4. The summed E-state index contributed by atoms with van der Waals surface area (Å²) in [7, 11) is 0. The highest BCUT2D eigenvalue weighted by molar-refractivity contribution is 9.10. The fourth-order valence-electron chi connectivity index (χ4n) is 2.40. The molecule has 0 aliphatic heterocycles. The first-order valence-corrected chi connectivity index (χ1v) is 9.08. The molecule has 3 rings (SSSR count). The zero-order valence-corrected chi connectivity index (χ0v) is 16.5. The summed E-state index contributed by atoms with van der Waals surface area (Å²) in [5.74, 6) is -0.556. The molecule has 10 heteroatoms. The summed E-state index contributed by atoms with van der Waals surface area (Å²) < 4.78 is 1.93. The van der Waals surface area contributed by atoms with Gasteiger partial charge in [-0.05, 0) is 30.3 Å². The third-order valence-electron chi connectivity index (χ3n) is 3.73. The number of rotatable bonds is 5. The van der Waals surface area contributed by atoms with Crippen LogP contribution >= 0.6 is 27.5 Å². The Bertz CT molecular complexity index is 1120.